The molecular weight excluding hydrogens is 244 g/mol. The van der Waals surface area contributed by atoms with E-state index in [2.05, 4.69) is 36.0 Å². The van der Waals surface area contributed by atoms with Crippen molar-refractivity contribution in [1.82, 2.24) is 9.80 Å². The molecule has 0 aromatic rings. The van der Waals surface area contributed by atoms with Crippen molar-refractivity contribution in [2.24, 2.45) is 0 Å². The summed E-state index contributed by atoms with van der Waals surface area (Å²) in [5.74, 6) is 0. The summed E-state index contributed by atoms with van der Waals surface area (Å²) in [6.07, 6.45) is 20.0. The molecule has 0 amide bonds. The fourth-order valence-electron chi connectivity index (χ4n) is 2.90. The molecule has 0 unspecified atom stereocenters. The summed E-state index contributed by atoms with van der Waals surface area (Å²) in [4.78, 5) is 4.87. The lowest BCUT2D eigenvalue weighted by Gasteiger charge is -2.20. The van der Waals surface area contributed by atoms with Gasteiger partial charge in [-0.25, -0.2) is 0 Å². The Morgan fingerprint density at radius 3 is 1.65 bits per heavy atom. The Balaban J connectivity index is 1.80. The zero-order valence-electron chi connectivity index (χ0n) is 13.9. The van der Waals surface area contributed by atoms with Crippen LogP contribution in [-0.4, -0.2) is 29.6 Å². The van der Waals surface area contributed by atoms with Crippen molar-refractivity contribution in [2.75, 3.05) is 19.8 Å². The van der Waals surface area contributed by atoms with Gasteiger partial charge in [0.25, 0.3) is 0 Å². The molecule has 0 aliphatic carbocycles. The highest BCUT2D eigenvalue weighted by Crippen LogP contribution is 2.12. The van der Waals surface area contributed by atoms with Crippen molar-refractivity contribution in [2.45, 2.75) is 84.5 Å². The first-order chi connectivity index (χ1) is 9.86. The second kappa shape index (κ2) is 12.1. The van der Waals surface area contributed by atoms with E-state index >= 15 is 0 Å². The van der Waals surface area contributed by atoms with Crippen molar-refractivity contribution >= 4 is 0 Å². The Labute approximate surface area is 127 Å². The quantitative estimate of drug-likeness (QED) is 0.419. The molecule has 2 heteroatoms. The highest BCUT2D eigenvalue weighted by atomic mass is 15.3. The van der Waals surface area contributed by atoms with Gasteiger partial charge in [0, 0.05) is 25.5 Å². The van der Waals surface area contributed by atoms with E-state index in [4.69, 9.17) is 0 Å². The third-order valence-electron chi connectivity index (χ3n) is 4.16. The Hall–Kier alpha value is -0.660. The predicted octanol–water partition coefficient (Wildman–Crippen LogP) is 5.36. The minimum absolute atomic E-state index is 1.12. The van der Waals surface area contributed by atoms with Crippen LogP contribution in [0.15, 0.2) is 12.4 Å². The van der Waals surface area contributed by atoms with E-state index in [-0.39, 0.29) is 0 Å². The Morgan fingerprint density at radius 1 is 0.600 bits per heavy atom. The van der Waals surface area contributed by atoms with E-state index < -0.39 is 0 Å². The summed E-state index contributed by atoms with van der Waals surface area (Å²) in [5, 5.41) is 0. The average molecular weight is 280 g/mol. The first-order valence-electron chi connectivity index (χ1n) is 9.03. The van der Waals surface area contributed by atoms with Gasteiger partial charge in [-0.2, -0.15) is 0 Å². The van der Waals surface area contributed by atoms with Crippen LogP contribution in [0.2, 0.25) is 0 Å². The van der Waals surface area contributed by atoms with E-state index in [9.17, 15) is 0 Å². The van der Waals surface area contributed by atoms with Gasteiger partial charge in [-0.1, -0.05) is 71.6 Å². The van der Waals surface area contributed by atoms with Crippen LogP contribution in [0, 0.1) is 0 Å². The lowest BCUT2D eigenvalue weighted by Crippen LogP contribution is -2.26. The second-order valence-corrected chi connectivity index (χ2v) is 6.25. The van der Waals surface area contributed by atoms with Crippen LogP contribution < -0.4 is 0 Å². The van der Waals surface area contributed by atoms with Crippen LogP contribution in [0.4, 0.5) is 0 Å². The van der Waals surface area contributed by atoms with Gasteiger partial charge < -0.3 is 9.80 Å². The lowest BCUT2D eigenvalue weighted by atomic mass is 10.1. The molecule has 0 radical (unpaired) electrons. The highest BCUT2D eigenvalue weighted by molar-refractivity contribution is 4.89. The minimum atomic E-state index is 1.12. The molecule has 0 saturated carbocycles. The Bertz CT molecular complexity index is 238. The van der Waals surface area contributed by atoms with Gasteiger partial charge in [-0.3, -0.25) is 0 Å². The standard InChI is InChI=1S/C18H36N2/c1-3-5-6-7-8-9-10-11-12-13-15-20-17-16-19(18-20)14-4-2/h16-17H,3-15,18H2,1-2H3. The molecule has 1 heterocycles. The van der Waals surface area contributed by atoms with Gasteiger partial charge in [-0.05, 0) is 12.8 Å². The second-order valence-electron chi connectivity index (χ2n) is 6.25. The largest absolute Gasteiger partial charge is 0.359 e. The van der Waals surface area contributed by atoms with Crippen molar-refractivity contribution in [3.8, 4) is 0 Å². The number of hydrogen-bond donors (Lipinski definition) is 0. The average Bonchev–Trinajstić information content (AvgIpc) is 2.89. The zero-order chi connectivity index (χ0) is 14.5. The molecule has 20 heavy (non-hydrogen) atoms. The van der Waals surface area contributed by atoms with E-state index in [0.29, 0.717) is 0 Å². The summed E-state index contributed by atoms with van der Waals surface area (Å²) < 4.78 is 0. The maximum Gasteiger partial charge on any atom is 0.0893 e. The van der Waals surface area contributed by atoms with E-state index in [1.807, 2.05) is 0 Å². The monoisotopic (exact) mass is 280 g/mol. The molecule has 0 fully saturated rings. The molecule has 1 aliphatic heterocycles. The van der Waals surface area contributed by atoms with Crippen molar-refractivity contribution < 1.29 is 0 Å². The molecule has 2 nitrogen and oxygen atoms in total. The molecule has 0 N–H and O–H groups in total. The number of unbranched alkanes of at least 4 members (excludes halogenated alkanes) is 9. The van der Waals surface area contributed by atoms with Gasteiger partial charge in [-0.15, -0.1) is 0 Å². The molecule has 1 aliphatic rings. The van der Waals surface area contributed by atoms with Gasteiger partial charge in [0.1, 0.15) is 0 Å². The fraction of sp³-hybridized carbons (Fsp3) is 0.889. The first kappa shape index (κ1) is 17.4. The SMILES string of the molecule is CCCCCCCCCCCCN1C=CN(CCC)C1. The summed E-state index contributed by atoms with van der Waals surface area (Å²) in [7, 11) is 0. The zero-order valence-corrected chi connectivity index (χ0v) is 13.9. The van der Waals surface area contributed by atoms with E-state index in [0.717, 1.165) is 6.67 Å². The summed E-state index contributed by atoms with van der Waals surface area (Å²) in [5.41, 5.74) is 0. The highest BCUT2D eigenvalue weighted by Gasteiger charge is 2.09. The van der Waals surface area contributed by atoms with E-state index in [1.54, 1.807) is 0 Å². The number of rotatable bonds is 13. The topological polar surface area (TPSA) is 6.48 Å². The normalized spacial score (nSPS) is 14.5. The van der Waals surface area contributed by atoms with Gasteiger partial charge in [0.15, 0.2) is 0 Å². The summed E-state index contributed by atoms with van der Waals surface area (Å²) >= 11 is 0. The third kappa shape index (κ3) is 8.50. The summed E-state index contributed by atoms with van der Waals surface area (Å²) in [6, 6.07) is 0. The summed E-state index contributed by atoms with van der Waals surface area (Å²) in [6.45, 7) is 8.10. The maximum atomic E-state index is 2.46. The molecule has 118 valence electrons. The Morgan fingerprint density at radius 2 is 1.10 bits per heavy atom. The molecular formula is C18H36N2. The number of hydrogen-bond acceptors (Lipinski definition) is 2. The van der Waals surface area contributed by atoms with E-state index in [1.165, 1.54) is 83.7 Å². The fourth-order valence-corrected chi connectivity index (χ4v) is 2.90. The molecule has 1 rings (SSSR count). The van der Waals surface area contributed by atoms with Gasteiger partial charge in [0.05, 0.1) is 6.67 Å². The predicted molar refractivity (Wildman–Crippen MR) is 89.6 cm³/mol. The molecule has 0 atom stereocenters. The van der Waals surface area contributed by atoms with Crippen molar-refractivity contribution in [1.29, 1.82) is 0 Å². The minimum Gasteiger partial charge on any atom is -0.359 e. The van der Waals surface area contributed by atoms with Crippen LogP contribution in [0.5, 0.6) is 0 Å². The molecule has 0 saturated heterocycles. The van der Waals surface area contributed by atoms with Crippen LogP contribution in [-0.2, 0) is 0 Å². The lowest BCUT2D eigenvalue weighted by molar-refractivity contribution is 0.261. The first-order valence-corrected chi connectivity index (χ1v) is 9.03. The Kier molecular flexibility index (Phi) is 10.5. The van der Waals surface area contributed by atoms with Crippen molar-refractivity contribution in [3.05, 3.63) is 12.4 Å². The molecule has 0 aromatic heterocycles. The third-order valence-corrected chi connectivity index (χ3v) is 4.16. The maximum absolute atomic E-state index is 2.46. The van der Waals surface area contributed by atoms with Crippen LogP contribution in [0.3, 0.4) is 0 Å². The van der Waals surface area contributed by atoms with Crippen LogP contribution in [0.1, 0.15) is 84.5 Å². The van der Waals surface area contributed by atoms with Crippen molar-refractivity contribution in [3.63, 3.8) is 0 Å². The molecule has 0 aromatic carbocycles. The molecule has 0 bridgehead atoms. The molecule has 0 spiro atoms. The number of nitrogens with zero attached hydrogens (tertiary/aromatic N) is 2. The van der Waals surface area contributed by atoms with Gasteiger partial charge in [0.2, 0.25) is 0 Å². The van der Waals surface area contributed by atoms with Crippen LogP contribution >= 0.6 is 0 Å². The smallest absolute Gasteiger partial charge is 0.0893 e. The van der Waals surface area contributed by atoms with Crippen LogP contribution in [0.25, 0.3) is 0 Å². The van der Waals surface area contributed by atoms with Gasteiger partial charge >= 0.3 is 0 Å².